The molecular formula is C19H33NO. The third-order valence-electron chi connectivity index (χ3n) is 4.12. The smallest absolute Gasteiger partial charge is 0.0543 e. The first kappa shape index (κ1) is 18.2. The minimum atomic E-state index is 0.230. The summed E-state index contributed by atoms with van der Waals surface area (Å²) in [5.74, 6) is 0. The predicted molar refractivity (Wildman–Crippen MR) is 92.0 cm³/mol. The molecule has 0 heterocycles. The molecule has 1 rings (SSSR count). The molecule has 0 amide bonds. The fourth-order valence-corrected chi connectivity index (χ4v) is 2.54. The molecule has 0 radical (unpaired) electrons. The van der Waals surface area contributed by atoms with Gasteiger partial charge < -0.3 is 10.1 Å². The van der Waals surface area contributed by atoms with E-state index in [9.17, 15) is 0 Å². The van der Waals surface area contributed by atoms with Gasteiger partial charge in [0.2, 0.25) is 0 Å². The van der Waals surface area contributed by atoms with Crippen LogP contribution in [-0.4, -0.2) is 25.8 Å². The quantitative estimate of drug-likeness (QED) is 0.770. The number of likely N-dealkylation sites (N-methyl/N-ethyl adjacent to an activating group) is 1. The molecule has 1 N–H and O–H groups in total. The maximum absolute atomic E-state index is 5.35. The van der Waals surface area contributed by atoms with Crippen LogP contribution in [0.4, 0.5) is 0 Å². The molecule has 1 aromatic carbocycles. The largest absolute Gasteiger partial charge is 0.382 e. The summed E-state index contributed by atoms with van der Waals surface area (Å²) in [5.41, 5.74) is 3.05. The lowest BCUT2D eigenvalue weighted by Gasteiger charge is -2.22. The van der Waals surface area contributed by atoms with E-state index < -0.39 is 0 Å². The highest BCUT2D eigenvalue weighted by atomic mass is 16.5. The maximum Gasteiger partial charge on any atom is 0.0543 e. The Labute approximate surface area is 131 Å². The molecule has 0 aliphatic carbocycles. The Hall–Kier alpha value is -0.860. The number of rotatable bonds is 8. The van der Waals surface area contributed by atoms with E-state index in [2.05, 4.69) is 64.2 Å². The Bertz CT molecular complexity index is 391. The molecule has 0 saturated carbocycles. The molecule has 120 valence electrons. The monoisotopic (exact) mass is 291 g/mol. The molecule has 2 nitrogen and oxygen atoms in total. The average molecular weight is 291 g/mol. The summed E-state index contributed by atoms with van der Waals surface area (Å²) in [5, 5.41) is 3.60. The van der Waals surface area contributed by atoms with E-state index in [0.29, 0.717) is 12.1 Å². The molecule has 2 unspecified atom stereocenters. The van der Waals surface area contributed by atoms with Crippen LogP contribution in [0.2, 0.25) is 0 Å². The molecule has 2 heteroatoms. The van der Waals surface area contributed by atoms with Crippen molar-refractivity contribution in [2.75, 3.05) is 13.7 Å². The summed E-state index contributed by atoms with van der Waals surface area (Å²) in [6.07, 6.45) is 3.70. The molecule has 0 spiro atoms. The van der Waals surface area contributed by atoms with Crippen LogP contribution >= 0.6 is 0 Å². The summed E-state index contributed by atoms with van der Waals surface area (Å²) in [6, 6.07) is 9.65. The van der Waals surface area contributed by atoms with Crippen LogP contribution in [0, 0.1) is 0 Å². The molecule has 0 aliphatic heterocycles. The highest BCUT2D eigenvalue weighted by Gasteiger charge is 2.14. The molecular weight excluding hydrogens is 258 g/mol. The minimum Gasteiger partial charge on any atom is -0.382 e. The van der Waals surface area contributed by atoms with Gasteiger partial charge in [0.25, 0.3) is 0 Å². The Kier molecular flexibility index (Phi) is 7.41. The van der Waals surface area contributed by atoms with Gasteiger partial charge >= 0.3 is 0 Å². The van der Waals surface area contributed by atoms with Gasteiger partial charge in [-0.25, -0.2) is 0 Å². The first-order valence-corrected chi connectivity index (χ1v) is 8.22. The lowest BCUT2D eigenvalue weighted by molar-refractivity contribution is 0.106. The van der Waals surface area contributed by atoms with E-state index in [1.165, 1.54) is 11.1 Å². The van der Waals surface area contributed by atoms with Crippen LogP contribution in [0.1, 0.15) is 58.6 Å². The molecule has 1 aromatic rings. The van der Waals surface area contributed by atoms with Gasteiger partial charge in [-0.3, -0.25) is 0 Å². The second kappa shape index (κ2) is 8.55. The molecule has 21 heavy (non-hydrogen) atoms. The van der Waals surface area contributed by atoms with E-state index in [0.717, 1.165) is 25.8 Å². The number of benzene rings is 1. The molecule has 0 fully saturated rings. The van der Waals surface area contributed by atoms with E-state index in [1.807, 2.05) is 0 Å². The zero-order valence-corrected chi connectivity index (χ0v) is 14.7. The normalized spacial score (nSPS) is 15.0. The van der Waals surface area contributed by atoms with Crippen molar-refractivity contribution in [1.82, 2.24) is 5.32 Å². The summed E-state index contributed by atoms with van der Waals surface area (Å²) >= 11 is 0. The lowest BCUT2D eigenvalue weighted by Crippen LogP contribution is -2.32. The second-order valence-electron chi connectivity index (χ2n) is 7.03. The fourth-order valence-electron chi connectivity index (χ4n) is 2.54. The SMILES string of the molecule is CCNC(CCC(C)OC)Cc1ccc(C(C)(C)C)cc1. The van der Waals surface area contributed by atoms with Crippen molar-refractivity contribution in [3.63, 3.8) is 0 Å². The van der Waals surface area contributed by atoms with E-state index >= 15 is 0 Å². The van der Waals surface area contributed by atoms with Crippen LogP contribution < -0.4 is 5.32 Å². The van der Waals surface area contributed by atoms with Crippen LogP contribution in [0.25, 0.3) is 0 Å². The predicted octanol–water partition coefficient (Wildman–Crippen LogP) is 4.32. The van der Waals surface area contributed by atoms with Crippen LogP contribution in [0.15, 0.2) is 24.3 Å². The third-order valence-corrected chi connectivity index (χ3v) is 4.12. The molecule has 2 atom stereocenters. The summed E-state index contributed by atoms with van der Waals surface area (Å²) in [6.45, 7) is 12.1. The standard InChI is InChI=1S/C19H33NO/c1-7-20-18(13-8-15(2)21-6)14-16-9-11-17(12-10-16)19(3,4)5/h9-12,15,18,20H,7-8,13-14H2,1-6H3. The van der Waals surface area contributed by atoms with Gasteiger partial charge in [0.1, 0.15) is 0 Å². The van der Waals surface area contributed by atoms with Crippen LogP contribution in [0.3, 0.4) is 0 Å². The van der Waals surface area contributed by atoms with E-state index in [1.54, 1.807) is 7.11 Å². The van der Waals surface area contributed by atoms with Gasteiger partial charge in [-0.2, -0.15) is 0 Å². The van der Waals surface area contributed by atoms with Crippen molar-refractivity contribution in [1.29, 1.82) is 0 Å². The third kappa shape index (κ3) is 6.62. The van der Waals surface area contributed by atoms with Crippen molar-refractivity contribution in [2.45, 2.75) is 71.4 Å². The highest BCUT2D eigenvalue weighted by molar-refractivity contribution is 5.28. The summed E-state index contributed by atoms with van der Waals surface area (Å²) < 4.78 is 5.35. The number of ether oxygens (including phenoxy) is 1. The maximum atomic E-state index is 5.35. The molecule has 0 aliphatic rings. The summed E-state index contributed by atoms with van der Waals surface area (Å²) in [4.78, 5) is 0. The van der Waals surface area contributed by atoms with Crippen molar-refractivity contribution >= 4 is 0 Å². The number of methoxy groups -OCH3 is 1. The fraction of sp³-hybridized carbons (Fsp3) is 0.684. The van der Waals surface area contributed by atoms with Gasteiger partial charge in [-0.1, -0.05) is 52.0 Å². The van der Waals surface area contributed by atoms with Crippen molar-refractivity contribution in [3.8, 4) is 0 Å². The topological polar surface area (TPSA) is 21.3 Å². The molecule has 0 aromatic heterocycles. The highest BCUT2D eigenvalue weighted by Crippen LogP contribution is 2.22. The van der Waals surface area contributed by atoms with Gasteiger partial charge in [-0.05, 0) is 49.3 Å². The Balaban J connectivity index is 2.62. The first-order valence-electron chi connectivity index (χ1n) is 8.22. The van der Waals surface area contributed by atoms with Gasteiger partial charge in [0, 0.05) is 13.2 Å². The Morgan fingerprint density at radius 1 is 1.10 bits per heavy atom. The second-order valence-corrected chi connectivity index (χ2v) is 7.03. The minimum absolute atomic E-state index is 0.230. The van der Waals surface area contributed by atoms with E-state index in [-0.39, 0.29) is 5.41 Å². The Morgan fingerprint density at radius 3 is 2.19 bits per heavy atom. The lowest BCUT2D eigenvalue weighted by atomic mass is 9.86. The first-order chi connectivity index (χ1) is 9.86. The van der Waals surface area contributed by atoms with Crippen molar-refractivity contribution in [3.05, 3.63) is 35.4 Å². The number of nitrogens with one attached hydrogen (secondary N) is 1. The number of hydrogen-bond donors (Lipinski definition) is 1. The average Bonchev–Trinajstić information content (AvgIpc) is 2.44. The van der Waals surface area contributed by atoms with Crippen LogP contribution in [-0.2, 0) is 16.6 Å². The molecule has 0 saturated heterocycles. The van der Waals surface area contributed by atoms with Crippen molar-refractivity contribution < 1.29 is 4.74 Å². The number of hydrogen-bond acceptors (Lipinski definition) is 2. The zero-order chi connectivity index (χ0) is 15.9. The van der Waals surface area contributed by atoms with Crippen LogP contribution in [0.5, 0.6) is 0 Å². The van der Waals surface area contributed by atoms with Gasteiger partial charge in [0.05, 0.1) is 6.10 Å². The van der Waals surface area contributed by atoms with Gasteiger partial charge in [0.15, 0.2) is 0 Å². The molecule has 0 bridgehead atoms. The van der Waals surface area contributed by atoms with Crippen molar-refractivity contribution in [2.24, 2.45) is 0 Å². The Morgan fingerprint density at radius 2 is 1.71 bits per heavy atom. The van der Waals surface area contributed by atoms with E-state index in [4.69, 9.17) is 4.74 Å². The summed E-state index contributed by atoms with van der Waals surface area (Å²) in [7, 11) is 1.79. The van der Waals surface area contributed by atoms with Gasteiger partial charge in [-0.15, -0.1) is 0 Å². The zero-order valence-electron chi connectivity index (χ0n) is 14.7.